The molecule has 0 unspecified atom stereocenters. The van der Waals surface area contributed by atoms with Gasteiger partial charge in [-0.1, -0.05) is 30.3 Å². The van der Waals surface area contributed by atoms with Crippen molar-refractivity contribution >= 4 is 0 Å². The molecule has 5 atom stereocenters. The topological polar surface area (TPSA) is 20.2 Å². The second-order valence-corrected chi connectivity index (χ2v) is 6.54. The SMILES string of the molecule is O[C@]1(c2ccccc2)C[C@H]2C[C@@H]3C[C@H](C2)[C@H]1C3. The van der Waals surface area contributed by atoms with Gasteiger partial charge in [0.2, 0.25) is 0 Å². The van der Waals surface area contributed by atoms with Crippen molar-refractivity contribution in [3.05, 3.63) is 35.9 Å². The minimum atomic E-state index is -0.514. The van der Waals surface area contributed by atoms with Gasteiger partial charge in [-0.15, -0.1) is 0 Å². The van der Waals surface area contributed by atoms with Gasteiger partial charge in [0.1, 0.15) is 0 Å². The standard InChI is InChI=1S/C16H20O/c17-16(14-4-2-1-3-5-14)10-12-6-11-7-13(8-12)15(16)9-11/h1-5,11-13,15,17H,6-10H2/t11-,12+,13-,15-,16+/m1/s1. The predicted molar refractivity (Wildman–Crippen MR) is 67.4 cm³/mol. The number of aliphatic hydroxyl groups is 1. The van der Waals surface area contributed by atoms with Gasteiger partial charge in [0, 0.05) is 0 Å². The molecular weight excluding hydrogens is 208 g/mol. The Morgan fingerprint density at radius 3 is 2.53 bits per heavy atom. The fourth-order valence-corrected chi connectivity index (χ4v) is 5.09. The first kappa shape index (κ1) is 10.1. The second kappa shape index (κ2) is 3.35. The minimum Gasteiger partial charge on any atom is -0.385 e. The molecule has 1 nitrogen and oxygen atoms in total. The third-order valence-electron chi connectivity index (χ3n) is 5.58. The van der Waals surface area contributed by atoms with Crippen molar-refractivity contribution in [2.24, 2.45) is 23.7 Å². The number of benzene rings is 1. The molecule has 1 aromatic rings. The summed E-state index contributed by atoms with van der Waals surface area (Å²) in [6.45, 7) is 0. The number of rotatable bonds is 1. The molecule has 3 bridgehead atoms. The zero-order valence-electron chi connectivity index (χ0n) is 10.2. The van der Waals surface area contributed by atoms with Crippen LogP contribution >= 0.6 is 0 Å². The lowest BCUT2D eigenvalue weighted by Gasteiger charge is -2.45. The Morgan fingerprint density at radius 2 is 1.71 bits per heavy atom. The molecule has 1 heteroatoms. The zero-order chi connectivity index (χ0) is 11.5. The van der Waals surface area contributed by atoms with Crippen LogP contribution in [0.1, 0.15) is 37.7 Å². The van der Waals surface area contributed by atoms with Crippen LogP contribution in [0.2, 0.25) is 0 Å². The quantitative estimate of drug-likeness (QED) is 0.781. The Morgan fingerprint density at radius 1 is 0.941 bits per heavy atom. The Kier molecular flexibility index (Phi) is 2.00. The van der Waals surface area contributed by atoms with Gasteiger partial charge in [-0.2, -0.15) is 0 Å². The van der Waals surface area contributed by atoms with Gasteiger partial charge in [0.05, 0.1) is 5.60 Å². The molecule has 0 aromatic heterocycles. The Balaban J connectivity index is 1.79. The molecule has 0 heterocycles. The van der Waals surface area contributed by atoms with Crippen molar-refractivity contribution in [2.75, 3.05) is 0 Å². The van der Waals surface area contributed by atoms with E-state index in [1.807, 2.05) is 6.07 Å². The number of hydrogen-bond donors (Lipinski definition) is 1. The third kappa shape index (κ3) is 1.35. The molecule has 3 aliphatic rings. The van der Waals surface area contributed by atoms with Crippen LogP contribution in [-0.4, -0.2) is 5.11 Å². The van der Waals surface area contributed by atoms with E-state index in [1.54, 1.807) is 0 Å². The van der Waals surface area contributed by atoms with Gasteiger partial charge < -0.3 is 5.11 Å². The lowest BCUT2D eigenvalue weighted by Crippen LogP contribution is -2.43. The zero-order valence-corrected chi connectivity index (χ0v) is 10.2. The van der Waals surface area contributed by atoms with E-state index in [0.29, 0.717) is 5.92 Å². The Bertz CT molecular complexity index is 424. The predicted octanol–water partition coefficient (Wildman–Crippen LogP) is 3.33. The van der Waals surface area contributed by atoms with E-state index in [1.165, 1.54) is 31.2 Å². The number of hydrogen-bond acceptors (Lipinski definition) is 1. The maximum Gasteiger partial charge on any atom is 0.0929 e. The normalized spacial score (nSPS) is 47.4. The average Bonchev–Trinajstić information content (AvgIpc) is 2.60. The molecule has 3 aliphatic carbocycles. The highest BCUT2D eigenvalue weighted by molar-refractivity contribution is 5.26. The van der Waals surface area contributed by atoms with Gasteiger partial charge in [-0.25, -0.2) is 0 Å². The van der Waals surface area contributed by atoms with Crippen molar-refractivity contribution in [3.8, 4) is 0 Å². The van der Waals surface area contributed by atoms with Crippen LogP contribution < -0.4 is 0 Å². The minimum absolute atomic E-state index is 0.514. The first-order chi connectivity index (χ1) is 8.25. The highest BCUT2D eigenvalue weighted by Crippen LogP contribution is 2.61. The van der Waals surface area contributed by atoms with Crippen molar-refractivity contribution in [3.63, 3.8) is 0 Å². The van der Waals surface area contributed by atoms with Crippen molar-refractivity contribution in [2.45, 2.75) is 37.7 Å². The summed E-state index contributed by atoms with van der Waals surface area (Å²) in [6, 6.07) is 10.4. The van der Waals surface area contributed by atoms with Crippen LogP contribution in [0.15, 0.2) is 30.3 Å². The van der Waals surface area contributed by atoms with Crippen LogP contribution in [-0.2, 0) is 5.60 Å². The van der Waals surface area contributed by atoms with E-state index >= 15 is 0 Å². The van der Waals surface area contributed by atoms with E-state index in [0.717, 1.165) is 24.2 Å². The van der Waals surface area contributed by atoms with E-state index in [4.69, 9.17) is 0 Å². The monoisotopic (exact) mass is 228 g/mol. The third-order valence-corrected chi connectivity index (χ3v) is 5.58. The van der Waals surface area contributed by atoms with Gasteiger partial charge in [-0.3, -0.25) is 0 Å². The van der Waals surface area contributed by atoms with Crippen molar-refractivity contribution in [1.82, 2.24) is 0 Å². The van der Waals surface area contributed by atoms with Crippen LogP contribution in [0, 0.1) is 23.7 Å². The molecule has 90 valence electrons. The van der Waals surface area contributed by atoms with Gasteiger partial charge in [0.25, 0.3) is 0 Å². The fourth-order valence-electron chi connectivity index (χ4n) is 5.09. The molecule has 3 saturated carbocycles. The van der Waals surface area contributed by atoms with Gasteiger partial charge in [-0.05, 0) is 61.3 Å². The highest BCUT2D eigenvalue weighted by Gasteiger charge is 2.55. The summed E-state index contributed by atoms with van der Waals surface area (Å²) >= 11 is 0. The molecule has 0 aliphatic heterocycles. The Hall–Kier alpha value is -0.820. The number of fused-ring (bicyclic) bond motifs is 2. The summed E-state index contributed by atoms with van der Waals surface area (Å²) in [6.07, 6.45) is 6.43. The fraction of sp³-hybridized carbons (Fsp3) is 0.625. The summed E-state index contributed by atoms with van der Waals surface area (Å²) in [4.78, 5) is 0. The molecule has 4 rings (SSSR count). The molecule has 0 spiro atoms. The molecule has 0 amide bonds. The lowest BCUT2D eigenvalue weighted by molar-refractivity contribution is -0.0870. The molecular formula is C16H20O. The first-order valence-corrected chi connectivity index (χ1v) is 7.03. The Labute approximate surface area is 103 Å². The first-order valence-electron chi connectivity index (χ1n) is 7.03. The van der Waals surface area contributed by atoms with Gasteiger partial charge in [0.15, 0.2) is 0 Å². The van der Waals surface area contributed by atoms with E-state index in [-0.39, 0.29) is 0 Å². The summed E-state index contributed by atoms with van der Waals surface area (Å²) < 4.78 is 0. The molecule has 1 N–H and O–H groups in total. The molecule has 0 saturated heterocycles. The maximum absolute atomic E-state index is 11.2. The van der Waals surface area contributed by atoms with Crippen LogP contribution in [0.5, 0.6) is 0 Å². The van der Waals surface area contributed by atoms with Crippen LogP contribution in [0.25, 0.3) is 0 Å². The summed E-state index contributed by atoms with van der Waals surface area (Å²) in [7, 11) is 0. The van der Waals surface area contributed by atoms with E-state index in [9.17, 15) is 5.11 Å². The van der Waals surface area contributed by atoms with Crippen molar-refractivity contribution in [1.29, 1.82) is 0 Å². The summed E-state index contributed by atoms with van der Waals surface area (Å²) in [5.41, 5.74) is 0.655. The van der Waals surface area contributed by atoms with Crippen LogP contribution in [0.4, 0.5) is 0 Å². The maximum atomic E-state index is 11.2. The average molecular weight is 228 g/mol. The molecule has 1 aromatic carbocycles. The summed E-state index contributed by atoms with van der Waals surface area (Å²) in [5, 5.41) is 11.2. The molecule has 0 radical (unpaired) electrons. The van der Waals surface area contributed by atoms with E-state index < -0.39 is 5.60 Å². The molecule has 3 fully saturated rings. The smallest absolute Gasteiger partial charge is 0.0929 e. The highest BCUT2D eigenvalue weighted by atomic mass is 16.3. The van der Waals surface area contributed by atoms with Crippen molar-refractivity contribution < 1.29 is 5.11 Å². The van der Waals surface area contributed by atoms with Gasteiger partial charge >= 0.3 is 0 Å². The largest absolute Gasteiger partial charge is 0.385 e. The lowest BCUT2D eigenvalue weighted by atomic mass is 9.63. The van der Waals surface area contributed by atoms with E-state index in [2.05, 4.69) is 24.3 Å². The molecule has 17 heavy (non-hydrogen) atoms. The second-order valence-electron chi connectivity index (χ2n) is 6.54. The van der Waals surface area contributed by atoms with Crippen LogP contribution in [0.3, 0.4) is 0 Å². The summed E-state index contributed by atoms with van der Waals surface area (Å²) in [5.74, 6) is 3.04.